The second-order valence-electron chi connectivity index (χ2n) is 10.4. The molecule has 0 radical (unpaired) electrons. The van der Waals surface area contributed by atoms with Crippen LogP contribution in [0.4, 0.5) is 22.2 Å². The van der Waals surface area contributed by atoms with Crippen molar-refractivity contribution in [3.8, 4) is 0 Å². The van der Waals surface area contributed by atoms with Crippen molar-refractivity contribution < 1.29 is 9.90 Å². The van der Waals surface area contributed by atoms with Crippen LogP contribution in [0.15, 0.2) is 64.1 Å². The zero-order valence-corrected chi connectivity index (χ0v) is 24.7. The van der Waals surface area contributed by atoms with Gasteiger partial charge in [-0.25, -0.2) is 24.7 Å². The summed E-state index contributed by atoms with van der Waals surface area (Å²) in [4.78, 5) is 35.0. The van der Waals surface area contributed by atoms with Crippen LogP contribution in [-0.4, -0.2) is 55.7 Å². The first-order valence-electron chi connectivity index (χ1n) is 13.2. The monoisotopic (exact) mass is 608 g/mol. The smallest absolute Gasteiger partial charge is 0.407 e. The highest BCUT2D eigenvalue weighted by Gasteiger charge is 2.68. The van der Waals surface area contributed by atoms with Gasteiger partial charge >= 0.3 is 6.09 Å². The molecule has 2 fully saturated rings. The molecule has 1 aromatic carbocycles. The quantitative estimate of drug-likeness (QED) is 0.244. The summed E-state index contributed by atoms with van der Waals surface area (Å²) < 4.78 is 0. The molecular formula is C28H29ClN8O2S2. The van der Waals surface area contributed by atoms with Gasteiger partial charge < -0.3 is 26.4 Å². The number of nitrogens with two attached hydrogens (primary N) is 2. The van der Waals surface area contributed by atoms with E-state index in [9.17, 15) is 9.90 Å². The number of nitrogens with zero attached hydrogens (tertiary/aromatic N) is 6. The molecule has 13 heteroatoms. The molecule has 10 nitrogen and oxygen atoms in total. The van der Waals surface area contributed by atoms with Crippen LogP contribution in [0.2, 0.25) is 5.02 Å². The normalized spacial score (nSPS) is 21.4. The molecule has 5 N–H and O–H groups in total. The fourth-order valence-corrected chi connectivity index (χ4v) is 8.05. The number of hydrogen-bond acceptors (Lipinski definition) is 10. The van der Waals surface area contributed by atoms with E-state index in [1.54, 1.807) is 29.8 Å². The van der Waals surface area contributed by atoms with Gasteiger partial charge in [-0.2, -0.15) is 0 Å². The molecule has 0 spiro atoms. The highest BCUT2D eigenvalue weighted by atomic mass is 35.5. The molecule has 3 unspecified atom stereocenters. The molecule has 4 heterocycles. The molecule has 6 rings (SSSR count). The molecule has 0 bridgehead atoms. The lowest BCUT2D eigenvalue weighted by molar-refractivity contribution is 0.135. The Labute approximate surface area is 250 Å². The van der Waals surface area contributed by atoms with Crippen LogP contribution in [0.5, 0.6) is 0 Å². The van der Waals surface area contributed by atoms with E-state index >= 15 is 0 Å². The molecule has 212 valence electrons. The summed E-state index contributed by atoms with van der Waals surface area (Å²) in [7, 11) is 0. The first-order chi connectivity index (χ1) is 19.8. The van der Waals surface area contributed by atoms with E-state index in [1.165, 1.54) is 16.7 Å². The van der Waals surface area contributed by atoms with Crippen molar-refractivity contribution >= 4 is 58.2 Å². The summed E-state index contributed by atoms with van der Waals surface area (Å²) in [5.41, 5.74) is 13.7. The number of fused-ring (bicyclic) bond motifs is 1. The van der Waals surface area contributed by atoms with Gasteiger partial charge in [-0.05, 0) is 36.8 Å². The maximum atomic E-state index is 12.4. The van der Waals surface area contributed by atoms with Gasteiger partial charge in [-0.1, -0.05) is 53.7 Å². The molecule has 4 aromatic rings. The number of anilines is 3. The minimum atomic E-state index is -0.926. The Morgan fingerprint density at radius 3 is 2.71 bits per heavy atom. The SMILES string of the molecule is Cc1csc(C2(CN(Cc3ccccc3)C(=O)O)C3CCN(c4cnc(Sc5ccnc(N)c5Cl)c(N)n4)CC32)n1. The first kappa shape index (κ1) is 27.6. The average molecular weight is 609 g/mol. The third-order valence-electron chi connectivity index (χ3n) is 7.95. The maximum absolute atomic E-state index is 12.4. The van der Waals surface area contributed by atoms with Gasteiger partial charge in [0.2, 0.25) is 0 Å². The predicted octanol–water partition coefficient (Wildman–Crippen LogP) is 5.18. The third kappa shape index (κ3) is 5.27. The Balaban J connectivity index is 1.23. The minimum Gasteiger partial charge on any atom is -0.465 e. The van der Waals surface area contributed by atoms with Gasteiger partial charge in [-0.15, -0.1) is 11.3 Å². The van der Waals surface area contributed by atoms with Gasteiger partial charge in [0, 0.05) is 53.8 Å². The second-order valence-corrected chi connectivity index (χ2v) is 12.7. The van der Waals surface area contributed by atoms with Crippen molar-refractivity contribution in [3.05, 3.63) is 75.5 Å². The minimum absolute atomic E-state index is 0.232. The summed E-state index contributed by atoms with van der Waals surface area (Å²) in [5.74, 6) is 1.81. The van der Waals surface area contributed by atoms with E-state index in [1.807, 2.05) is 42.6 Å². The molecule has 1 saturated carbocycles. The number of aryl methyl sites for hydroxylation is 1. The lowest BCUT2D eigenvalue weighted by Crippen LogP contribution is -2.38. The standard InChI is InChI=1S/C28H29ClN8O2S2/c1-16-14-40-26(34-16)28(15-37(27(38)39)12-17-5-3-2-4-6-17)18-8-10-36(13-19(18)28)21-11-33-25(24(31)35-21)41-20-7-9-32-23(30)22(20)29/h2-7,9,11,14,18-19H,8,10,12-13,15H2,1H3,(H2,30,32)(H2,31,35)(H,38,39). The number of piperidine rings is 1. The van der Waals surface area contributed by atoms with Crippen LogP contribution in [0, 0.1) is 18.8 Å². The van der Waals surface area contributed by atoms with Crippen LogP contribution in [0.25, 0.3) is 0 Å². The zero-order chi connectivity index (χ0) is 28.7. The molecular weight excluding hydrogens is 580 g/mol. The maximum Gasteiger partial charge on any atom is 0.407 e. The topological polar surface area (TPSA) is 147 Å². The van der Waals surface area contributed by atoms with Crippen LogP contribution in [0.3, 0.4) is 0 Å². The number of hydrogen-bond donors (Lipinski definition) is 3. The van der Waals surface area contributed by atoms with Crippen LogP contribution in [0.1, 0.15) is 22.7 Å². The van der Waals surface area contributed by atoms with Crippen molar-refractivity contribution in [2.75, 3.05) is 36.0 Å². The molecule has 1 saturated heterocycles. The van der Waals surface area contributed by atoms with Crippen LogP contribution in [-0.2, 0) is 12.0 Å². The predicted molar refractivity (Wildman–Crippen MR) is 161 cm³/mol. The van der Waals surface area contributed by atoms with Gasteiger partial charge in [0.05, 0.1) is 11.2 Å². The van der Waals surface area contributed by atoms with E-state index in [4.69, 9.17) is 28.1 Å². The molecule has 1 aliphatic heterocycles. The fraction of sp³-hybridized carbons (Fsp3) is 0.321. The number of thiazole rings is 1. The lowest BCUT2D eigenvalue weighted by Gasteiger charge is -2.27. The van der Waals surface area contributed by atoms with Crippen molar-refractivity contribution in [2.24, 2.45) is 11.8 Å². The van der Waals surface area contributed by atoms with Crippen LogP contribution >= 0.6 is 34.7 Å². The first-order valence-corrected chi connectivity index (χ1v) is 15.2. The molecule has 2 aliphatic rings. The number of benzene rings is 1. The van der Waals surface area contributed by atoms with Crippen molar-refractivity contribution in [1.29, 1.82) is 0 Å². The molecule has 1 amide bonds. The van der Waals surface area contributed by atoms with Crippen molar-refractivity contribution in [2.45, 2.75) is 35.2 Å². The summed E-state index contributed by atoms with van der Waals surface area (Å²) in [5, 5.41) is 14.1. The van der Waals surface area contributed by atoms with Gasteiger partial charge in [0.1, 0.15) is 21.7 Å². The number of nitrogen functional groups attached to an aromatic ring is 2. The van der Waals surface area contributed by atoms with Gasteiger partial charge in [0.15, 0.2) is 5.82 Å². The molecule has 3 aromatic heterocycles. The Morgan fingerprint density at radius 1 is 1.20 bits per heavy atom. The summed E-state index contributed by atoms with van der Waals surface area (Å²) in [6, 6.07) is 11.5. The molecule has 1 aliphatic carbocycles. The number of carboxylic acid groups (broad SMARTS) is 1. The summed E-state index contributed by atoms with van der Waals surface area (Å²) >= 11 is 9.22. The second kappa shape index (κ2) is 11.0. The highest BCUT2D eigenvalue weighted by Crippen LogP contribution is 2.64. The number of pyridine rings is 1. The zero-order valence-electron chi connectivity index (χ0n) is 22.3. The Hall–Kier alpha value is -3.61. The number of halogens is 1. The van der Waals surface area contributed by atoms with E-state index in [-0.39, 0.29) is 17.2 Å². The number of carbonyl (C=O) groups is 1. The third-order valence-corrected chi connectivity index (χ3v) is 10.7. The van der Waals surface area contributed by atoms with Crippen molar-refractivity contribution in [1.82, 2.24) is 24.8 Å². The van der Waals surface area contributed by atoms with E-state index in [2.05, 4.69) is 19.9 Å². The molecule has 3 atom stereocenters. The largest absolute Gasteiger partial charge is 0.465 e. The number of rotatable bonds is 8. The number of amides is 1. The Morgan fingerprint density at radius 2 is 2.00 bits per heavy atom. The average Bonchev–Trinajstić information content (AvgIpc) is 3.37. The molecule has 41 heavy (non-hydrogen) atoms. The summed E-state index contributed by atoms with van der Waals surface area (Å²) in [6.07, 6.45) is 3.29. The highest BCUT2D eigenvalue weighted by molar-refractivity contribution is 7.99. The number of aromatic nitrogens is 4. The fourth-order valence-electron chi connectivity index (χ4n) is 5.92. The van der Waals surface area contributed by atoms with Gasteiger partial charge in [0.25, 0.3) is 0 Å². The van der Waals surface area contributed by atoms with Crippen LogP contribution < -0.4 is 16.4 Å². The van der Waals surface area contributed by atoms with E-state index in [0.717, 1.165) is 35.8 Å². The Bertz CT molecular complexity index is 1590. The lowest BCUT2D eigenvalue weighted by atomic mass is 10.0. The van der Waals surface area contributed by atoms with Crippen molar-refractivity contribution in [3.63, 3.8) is 0 Å². The van der Waals surface area contributed by atoms with E-state index in [0.29, 0.717) is 45.6 Å². The summed E-state index contributed by atoms with van der Waals surface area (Å²) in [6.45, 7) is 4.20. The van der Waals surface area contributed by atoms with Gasteiger partial charge in [-0.3, -0.25) is 0 Å². The van der Waals surface area contributed by atoms with E-state index < -0.39 is 6.09 Å². The Kier molecular flexibility index (Phi) is 7.39.